The van der Waals surface area contributed by atoms with E-state index in [0.717, 1.165) is 11.8 Å². The van der Waals surface area contributed by atoms with Crippen LogP contribution in [0.3, 0.4) is 0 Å². The Morgan fingerprint density at radius 1 is 0.591 bits per heavy atom. The molecule has 2 fully saturated rings. The van der Waals surface area contributed by atoms with Crippen LogP contribution < -0.4 is 48.0 Å². The van der Waals surface area contributed by atoms with E-state index in [1.807, 2.05) is 0 Å². The third-order valence-electron chi connectivity index (χ3n) is 5.77. The molecule has 0 bridgehead atoms. The summed E-state index contributed by atoms with van der Waals surface area (Å²) in [5, 5.41) is 0. The van der Waals surface area contributed by atoms with E-state index < -0.39 is 0 Å². The summed E-state index contributed by atoms with van der Waals surface area (Å²) >= 11 is 0. The van der Waals surface area contributed by atoms with Crippen LogP contribution in [-0.2, 0) is 0 Å². The Bertz CT molecular complexity index is 263. The average Bonchev–Trinajstić information content (AvgIpc) is 2.99. The lowest BCUT2D eigenvalue weighted by molar-refractivity contribution is -0.948. The Balaban J connectivity index is 0.00000220. The largest absolute Gasteiger partial charge is 1.00 e. The molecule has 2 rings (SSSR count). The number of rotatable bonds is 7. The van der Waals surface area contributed by atoms with Crippen molar-refractivity contribution in [1.29, 1.82) is 0 Å². The number of likely N-dealkylation sites (N-methyl/N-ethyl adjacent to an activating group) is 2. The first kappa shape index (κ1) is 23.4. The van der Waals surface area contributed by atoms with Gasteiger partial charge in [0, 0.05) is 11.8 Å². The highest BCUT2D eigenvalue weighted by atomic mass is 127. The molecule has 22 heavy (non-hydrogen) atoms. The smallest absolute Gasteiger partial charge is 0.128 e. The van der Waals surface area contributed by atoms with Crippen LogP contribution in [0.25, 0.3) is 0 Å². The lowest BCUT2D eigenvalue weighted by Gasteiger charge is -2.38. The van der Waals surface area contributed by atoms with Crippen LogP contribution in [0.1, 0.15) is 51.4 Å². The molecule has 2 aliphatic carbocycles. The van der Waals surface area contributed by atoms with Gasteiger partial charge >= 0.3 is 0 Å². The lowest BCUT2D eigenvalue weighted by Crippen LogP contribution is -3.00. The topological polar surface area (TPSA) is 0 Å². The lowest BCUT2D eigenvalue weighted by atomic mass is 10.1. The molecule has 0 aromatic heterocycles. The number of hydrogen-bond donors (Lipinski definition) is 0. The zero-order valence-electron chi connectivity index (χ0n) is 15.3. The molecule has 0 heterocycles. The Hall–Kier alpha value is 1.38. The van der Waals surface area contributed by atoms with Gasteiger partial charge in [0.05, 0.1) is 41.3 Å². The fourth-order valence-electron chi connectivity index (χ4n) is 4.51. The van der Waals surface area contributed by atoms with Gasteiger partial charge < -0.3 is 56.9 Å². The Kier molecular flexibility index (Phi) is 11.0. The van der Waals surface area contributed by atoms with Gasteiger partial charge in [-0.05, 0) is 25.7 Å². The molecule has 0 radical (unpaired) electrons. The van der Waals surface area contributed by atoms with Crippen molar-refractivity contribution in [3.05, 3.63) is 0 Å². The third kappa shape index (κ3) is 8.47. The predicted octanol–water partition coefficient (Wildman–Crippen LogP) is -2.47. The summed E-state index contributed by atoms with van der Waals surface area (Å²) < 4.78 is 2.47. The van der Waals surface area contributed by atoms with Gasteiger partial charge in [0.2, 0.25) is 0 Å². The van der Waals surface area contributed by atoms with Crippen LogP contribution >= 0.6 is 0 Å². The van der Waals surface area contributed by atoms with Crippen LogP contribution in [0.15, 0.2) is 0 Å². The van der Waals surface area contributed by atoms with Crippen LogP contribution in [0.5, 0.6) is 0 Å². The first-order chi connectivity index (χ1) is 9.36. The minimum atomic E-state index is 0. The third-order valence-corrected chi connectivity index (χ3v) is 5.77. The molecule has 0 amide bonds. The van der Waals surface area contributed by atoms with Gasteiger partial charge in [-0.3, -0.25) is 0 Å². The minimum absolute atomic E-state index is 0. The van der Waals surface area contributed by atoms with Crippen LogP contribution in [0.4, 0.5) is 0 Å². The van der Waals surface area contributed by atoms with Gasteiger partial charge in [0.15, 0.2) is 0 Å². The Labute approximate surface area is 173 Å². The zero-order chi connectivity index (χ0) is 14.6. The van der Waals surface area contributed by atoms with Crippen molar-refractivity contribution in [2.24, 2.45) is 11.8 Å². The predicted molar refractivity (Wildman–Crippen MR) is 87.6 cm³/mol. The van der Waals surface area contributed by atoms with Crippen molar-refractivity contribution < 1.29 is 56.9 Å². The second kappa shape index (κ2) is 10.4. The maximum absolute atomic E-state index is 2.45. The molecule has 2 nitrogen and oxygen atoms in total. The van der Waals surface area contributed by atoms with Crippen LogP contribution in [-0.4, -0.2) is 63.3 Å². The molecule has 0 unspecified atom stereocenters. The molecule has 0 aromatic carbocycles. The van der Waals surface area contributed by atoms with Crippen molar-refractivity contribution >= 4 is 0 Å². The number of nitrogens with zero attached hydrogens (tertiary/aromatic N) is 2. The molecule has 0 atom stereocenters. The summed E-state index contributed by atoms with van der Waals surface area (Å²) in [6, 6.07) is 0. The highest BCUT2D eigenvalue weighted by molar-refractivity contribution is 4.67. The summed E-state index contributed by atoms with van der Waals surface area (Å²) in [5.41, 5.74) is 0. The van der Waals surface area contributed by atoms with E-state index in [0.29, 0.717) is 0 Å². The second-order valence-corrected chi connectivity index (χ2v) is 8.98. The molecule has 2 aliphatic rings. The number of quaternary nitrogens is 2. The summed E-state index contributed by atoms with van der Waals surface area (Å²) in [4.78, 5) is 0. The van der Waals surface area contributed by atoms with Gasteiger partial charge in [0.1, 0.15) is 13.1 Å². The standard InChI is InChI=1S/C18H38N2.2HI/c1-19(2,15-17-9-5-6-10-17)13-14-20(3,4)16-18-11-7-8-12-18;;/h17-18H,5-16H2,1-4H3;2*1H/q+2;;/p-2. The molecular formula is C18H38I2N2. The van der Waals surface area contributed by atoms with E-state index in [4.69, 9.17) is 0 Å². The van der Waals surface area contributed by atoms with Crippen LogP contribution in [0.2, 0.25) is 0 Å². The quantitative estimate of drug-likeness (QED) is 0.250. The van der Waals surface area contributed by atoms with Crippen molar-refractivity contribution in [1.82, 2.24) is 0 Å². The first-order valence-electron chi connectivity index (χ1n) is 9.00. The highest BCUT2D eigenvalue weighted by Crippen LogP contribution is 2.28. The number of halogens is 2. The first-order valence-corrected chi connectivity index (χ1v) is 9.00. The Morgan fingerprint density at radius 2 is 0.864 bits per heavy atom. The van der Waals surface area contributed by atoms with Gasteiger partial charge in [0.25, 0.3) is 0 Å². The van der Waals surface area contributed by atoms with E-state index in [9.17, 15) is 0 Å². The SMILES string of the molecule is C[N+](C)(CC[N+](C)(C)CC1CCCC1)CC1CCCC1.[I-].[I-]. The zero-order valence-corrected chi connectivity index (χ0v) is 19.6. The normalized spacial score (nSPS) is 20.7. The molecule has 0 spiro atoms. The van der Waals surface area contributed by atoms with E-state index in [1.165, 1.54) is 86.5 Å². The summed E-state index contributed by atoms with van der Waals surface area (Å²) in [6.45, 7) is 5.50. The van der Waals surface area contributed by atoms with E-state index in [2.05, 4.69) is 28.2 Å². The van der Waals surface area contributed by atoms with Crippen molar-refractivity contribution in [3.63, 3.8) is 0 Å². The minimum Gasteiger partial charge on any atom is -1.00 e. The molecule has 2 saturated carbocycles. The van der Waals surface area contributed by atoms with Crippen molar-refractivity contribution in [2.75, 3.05) is 54.4 Å². The van der Waals surface area contributed by atoms with Gasteiger partial charge in [-0.2, -0.15) is 0 Å². The van der Waals surface area contributed by atoms with Gasteiger partial charge in [-0.1, -0.05) is 25.7 Å². The molecule has 0 saturated heterocycles. The molecule has 0 aliphatic heterocycles. The second-order valence-electron chi connectivity index (χ2n) is 8.98. The summed E-state index contributed by atoms with van der Waals surface area (Å²) in [5.74, 6) is 2.02. The summed E-state index contributed by atoms with van der Waals surface area (Å²) in [7, 11) is 9.81. The van der Waals surface area contributed by atoms with Crippen molar-refractivity contribution in [3.8, 4) is 0 Å². The molecule has 134 valence electrons. The highest BCUT2D eigenvalue weighted by Gasteiger charge is 2.29. The monoisotopic (exact) mass is 536 g/mol. The van der Waals surface area contributed by atoms with Crippen LogP contribution in [0, 0.1) is 11.8 Å². The maximum atomic E-state index is 2.45. The molecule has 0 N–H and O–H groups in total. The fourth-order valence-corrected chi connectivity index (χ4v) is 4.51. The van der Waals surface area contributed by atoms with E-state index in [-0.39, 0.29) is 48.0 Å². The molecule has 4 heteroatoms. The number of hydrogen-bond acceptors (Lipinski definition) is 0. The fraction of sp³-hybridized carbons (Fsp3) is 1.00. The average molecular weight is 536 g/mol. The maximum Gasteiger partial charge on any atom is 0.128 e. The molecule has 0 aromatic rings. The van der Waals surface area contributed by atoms with E-state index >= 15 is 0 Å². The Morgan fingerprint density at radius 3 is 1.14 bits per heavy atom. The summed E-state index contributed by atoms with van der Waals surface area (Å²) in [6.07, 6.45) is 11.9. The van der Waals surface area contributed by atoms with E-state index in [1.54, 1.807) is 0 Å². The molecular weight excluding hydrogens is 498 g/mol. The van der Waals surface area contributed by atoms with Crippen molar-refractivity contribution in [2.45, 2.75) is 51.4 Å². The van der Waals surface area contributed by atoms with Gasteiger partial charge in [-0.15, -0.1) is 0 Å². The van der Waals surface area contributed by atoms with Gasteiger partial charge in [-0.25, -0.2) is 0 Å².